The largest absolute Gasteiger partial charge is 0.337 e. The van der Waals surface area contributed by atoms with Crippen LogP contribution in [0.5, 0.6) is 0 Å². The second-order valence-electron chi connectivity index (χ2n) is 3.94. The molecule has 6 heteroatoms. The van der Waals surface area contributed by atoms with Gasteiger partial charge in [-0.05, 0) is 12.8 Å². The van der Waals surface area contributed by atoms with E-state index >= 15 is 0 Å². The minimum absolute atomic E-state index is 0.0302. The van der Waals surface area contributed by atoms with Crippen LogP contribution < -0.4 is 0 Å². The molecule has 0 aliphatic heterocycles. The van der Waals surface area contributed by atoms with Crippen LogP contribution in [0.3, 0.4) is 0 Å². The first-order valence-corrected chi connectivity index (χ1v) is 6.23. The molecule has 0 spiro atoms. The molecule has 2 heterocycles. The summed E-state index contributed by atoms with van der Waals surface area (Å²) >= 11 is 6.09. The van der Waals surface area contributed by atoms with Crippen molar-refractivity contribution in [1.82, 2.24) is 24.5 Å². The van der Waals surface area contributed by atoms with Crippen molar-refractivity contribution in [3.63, 3.8) is 0 Å². The van der Waals surface area contributed by atoms with Crippen molar-refractivity contribution in [3.8, 4) is 0 Å². The summed E-state index contributed by atoms with van der Waals surface area (Å²) in [4.78, 5) is 4.00. The fourth-order valence-electron chi connectivity index (χ4n) is 1.61. The van der Waals surface area contributed by atoms with Crippen molar-refractivity contribution in [1.29, 1.82) is 0 Å². The summed E-state index contributed by atoms with van der Waals surface area (Å²) in [5.41, 5.74) is 0.858. The summed E-state index contributed by atoms with van der Waals surface area (Å²) in [6.07, 6.45) is 9.35. The lowest BCUT2D eigenvalue weighted by atomic mass is 10.3. The van der Waals surface area contributed by atoms with Gasteiger partial charge in [0.05, 0.1) is 11.7 Å². The van der Waals surface area contributed by atoms with E-state index in [9.17, 15) is 0 Å². The normalized spacial score (nSPS) is 12.8. The third-order valence-electron chi connectivity index (χ3n) is 2.60. The maximum atomic E-state index is 6.09. The molecule has 0 amide bonds. The quantitative estimate of drug-likeness (QED) is 0.742. The summed E-state index contributed by atoms with van der Waals surface area (Å²) in [5.74, 6) is 0. The lowest BCUT2D eigenvalue weighted by molar-refractivity contribution is 0.514. The maximum absolute atomic E-state index is 6.09. The van der Waals surface area contributed by atoms with Gasteiger partial charge in [-0.1, -0.05) is 12.1 Å². The van der Waals surface area contributed by atoms with Crippen molar-refractivity contribution in [2.24, 2.45) is 0 Å². The Morgan fingerprint density at radius 2 is 2.29 bits per heavy atom. The second-order valence-corrected chi connectivity index (χ2v) is 4.46. The number of hydrogen-bond donors (Lipinski definition) is 0. The minimum atomic E-state index is -0.0302. The second kappa shape index (κ2) is 5.82. The third kappa shape index (κ3) is 3.30. The van der Waals surface area contributed by atoms with Gasteiger partial charge in [-0.3, -0.25) is 4.68 Å². The Morgan fingerprint density at radius 1 is 1.41 bits per heavy atom. The monoisotopic (exact) mass is 253 g/mol. The molecular formula is C11H16ClN5. The highest BCUT2D eigenvalue weighted by Crippen LogP contribution is 2.20. The third-order valence-corrected chi connectivity index (χ3v) is 3.13. The maximum Gasteiger partial charge on any atom is 0.100 e. The molecule has 1 unspecified atom stereocenters. The number of aryl methyl sites for hydroxylation is 2. The van der Waals surface area contributed by atoms with Crippen molar-refractivity contribution in [2.45, 2.75) is 38.2 Å². The number of imidazole rings is 1. The van der Waals surface area contributed by atoms with Crippen molar-refractivity contribution in [3.05, 3.63) is 30.6 Å². The highest BCUT2D eigenvalue weighted by molar-refractivity contribution is 6.20. The van der Waals surface area contributed by atoms with Gasteiger partial charge in [-0.2, -0.15) is 0 Å². The summed E-state index contributed by atoms with van der Waals surface area (Å²) in [7, 11) is 0. The molecule has 0 aromatic carbocycles. The fourth-order valence-corrected chi connectivity index (χ4v) is 1.71. The first-order valence-electron chi connectivity index (χ1n) is 5.79. The first-order chi connectivity index (χ1) is 8.29. The number of alkyl halides is 1. The number of rotatable bonds is 6. The van der Waals surface area contributed by atoms with E-state index in [2.05, 4.69) is 15.3 Å². The van der Waals surface area contributed by atoms with Crippen LogP contribution in [0.1, 0.15) is 30.8 Å². The molecule has 2 aromatic heterocycles. The van der Waals surface area contributed by atoms with Gasteiger partial charge in [-0.15, -0.1) is 16.7 Å². The lowest BCUT2D eigenvalue weighted by Crippen LogP contribution is -2.03. The van der Waals surface area contributed by atoms with Crippen LogP contribution in [0.25, 0.3) is 0 Å². The van der Waals surface area contributed by atoms with Crippen LogP contribution in [0, 0.1) is 0 Å². The van der Waals surface area contributed by atoms with Crippen molar-refractivity contribution >= 4 is 11.6 Å². The Bertz CT molecular complexity index is 436. The van der Waals surface area contributed by atoms with Crippen LogP contribution in [-0.4, -0.2) is 24.5 Å². The smallest absolute Gasteiger partial charge is 0.100 e. The molecule has 92 valence electrons. The average Bonchev–Trinajstić information content (AvgIpc) is 2.99. The SMILES string of the molecule is CCC(Cl)c1cn(CCCn2ccnc2)nn1. The Kier molecular flexibility index (Phi) is 4.14. The Hall–Kier alpha value is -1.36. The van der Waals surface area contributed by atoms with E-state index in [0.717, 1.165) is 31.6 Å². The van der Waals surface area contributed by atoms with Gasteiger partial charge in [0.2, 0.25) is 0 Å². The Morgan fingerprint density at radius 3 is 3.00 bits per heavy atom. The summed E-state index contributed by atoms with van der Waals surface area (Å²) < 4.78 is 3.89. The standard InChI is InChI=1S/C11H16ClN5/c1-2-10(12)11-8-17(15-14-11)6-3-5-16-7-4-13-9-16/h4,7-10H,2-3,5-6H2,1H3. The van der Waals surface area contributed by atoms with Crippen molar-refractivity contribution < 1.29 is 0 Å². The fraction of sp³-hybridized carbons (Fsp3) is 0.545. The zero-order chi connectivity index (χ0) is 12.1. The van der Waals surface area contributed by atoms with Gasteiger partial charge in [0.15, 0.2) is 0 Å². The number of hydrogen-bond acceptors (Lipinski definition) is 3. The van der Waals surface area contributed by atoms with Crippen LogP contribution in [-0.2, 0) is 13.1 Å². The molecule has 0 saturated heterocycles. The van der Waals surface area contributed by atoms with E-state index in [4.69, 9.17) is 11.6 Å². The molecule has 0 N–H and O–H groups in total. The predicted octanol–water partition coefficient (Wildman–Crippen LogP) is 2.25. The molecular weight excluding hydrogens is 238 g/mol. The molecule has 0 aliphatic carbocycles. The lowest BCUT2D eigenvalue weighted by Gasteiger charge is -2.02. The topological polar surface area (TPSA) is 48.5 Å². The highest BCUT2D eigenvalue weighted by Gasteiger charge is 2.09. The predicted molar refractivity (Wildman–Crippen MR) is 65.8 cm³/mol. The van der Waals surface area contributed by atoms with Gasteiger partial charge in [0, 0.05) is 31.7 Å². The van der Waals surface area contributed by atoms with E-state index in [0.29, 0.717) is 0 Å². The van der Waals surface area contributed by atoms with Crippen LogP contribution in [0.4, 0.5) is 0 Å². The van der Waals surface area contributed by atoms with Crippen LogP contribution in [0.15, 0.2) is 24.9 Å². The highest BCUT2D eigenvalue weighted by atomic mass is 35.5. The van der Waals surface area contributed by atoms with Gasteiger partial charge in [-0.25, -0.2) is 4.98 Å². The Labute approximate surface area is 105 Å². The Balaban J connectivity index is 1.81. The molecule has 1 atom stereocenters. The molecule has 0 aliphatic rings. The number of halogens is 1. The van der Waals surface area contributed by atoms with E-state index in [1.165, 1.54) is 0 Å². The van der Waals surface area contributed by atoms with Gasteiger partial charge >= 0.3 is 0 Å². The molecule has 0 radical (unpaired) electrons. The minimum Gasteiger partial charge on any atom is -0.337 e. The molecule has 2 rings (SSSR count). The molecule has 0 bridgehead atoms. The average molecular weight is 254 g/mol. The van der Waals surface area contributed by atoms with Crippen LogP contribution >= 0.6 is 11.6 Å². The molecule has 0 fully saturated rings. The van der Waals surface area contributed by atoms with Gasteiger partial charge in [0.25, 0.3) is 0 Å². The van der Waals surface area contributed by atoms with Crippen molar-refractivity contribution in [2.75, 3.05) is 0 Å². The summed E-state index contributed by atoms with van der Waals surface area (Å²) in [5, 5.41) is 8.10. The zero-order valence-electron chi connectivity index (χ0n) is 9.83. The zero-order valence-corrected chi connectivity index (χ0v) is 10.6. The number of aromatic nitrogens is 5. The van der Waals surface area contributed by atoms with Gasteiger partial charge < -0.3 is 4.57 Å². The molecule has 5 nitrogen and oxygen atoms in total. The van der Waals surface area contributed by atoms with E-state index < -0.39 is 0 Å². The molecule has 0 saturated carbocycles. The van der Waals surface area contributed by atoms with E-state index in [1.54, 1.807) is 6.20 Å². The van der Waals surface area contributed by atoms with Crippen LogP contribution in [0.2, 0.25) is 0 Å². The van der Waals surface area contributed by atoms with E-state index in [-0.39, 0.29) is 5.38 Å². The van der Waals surface area contributed by atoms with Gasteiger partial charge in [0.1, 0.15) is 5.69 Å². The first kappa shape index (κ1) is 12.1. The molecule has 2 aromatic rings. The molecule has 17 heavy (non-hydrogen) atoms. The summed E-state index contributed by atoms with van der Waals surface area (Å²) in [6, 6.07) is 0. The summed E-state index contributed by atoms with van der Waals surface area (Å²) in [6.45, 7) is 3.82. The van der Waals surface area contributed by atoms with E-state index in [1.807, 2.05) is 34.9 Å². The number of nitrogens with zero attached hydrogens (tertiary/aromatic N) is 5.